The summed E-state index contributed by atoms with van der Waals surface area (Å²) in [5.74, 6) is 1.15. The van der Waals surface area contributed by atoms with Gasteiger partial charge in [0.05, 0.1) is 20.8 Å². The van der Waals surface area contributed by atoms with Crippen LogP contribution in [-0.4, -0.2) is 32.8 Å². The van der Waals surface area contributed by atoms with Crippen LogP contribution in [-0.2, 0) is 16.6 Å². The lowest BCUT2D eigenvalue weighted by Crippen LogP contribution is -2.24. The zero-order valence-corrected chi connectivity index (χ0v) is 15.9. The Kier molecular flexibility index (Phi) is 5.43. The van der Waals surface area contributed by atoms with E-state index in [1.54, 1.807) is 6.07 Å². The highest BCUT2D eigenvalue weighted by atomic mass is 32.2. The fraction of sp³-hybridized carbons (Fsp3) is 0.222. The zero-order valence-electron chi connectivity index (χ0n) is 15.1. The summed E-state index contributed by atoms with van der Waals surface area (Å²) in [5, 5.41) is 7.86. The average molecular weight is 389 g/mol. The van der Waals surface area contributed by atoms with Crippen molar-refractivity contribution in [2.45, 2.75) is 18.4 Å². The zero-order chi connectivity index (χ0) is 19.4. The molecule has 0 aliphatic heterocycles. The number of sulfonamides is 1. The molecule has 0 saturated heterocycles. The van der Waals surface area contributed by atoms with Crippen molar-refractivity contribution in [3.8, 4) is 23.0 Å². The van der Waals surface area contributed by atoms with Gasteiger partial charge in [0.25, 0.3) is 0 Å². The van der Waals surface area contributed by atoms with Crippen LogP contribution in [0.1, 0.15) is 11.5 Å². The molecule has 8 nitrogen and oxygen atoms in total. The van der Waals surface area contributed by atoms with Crippen LogP contribution in [0.5, 0.6) is 11.5 Å². The molecule has 0 aliphatic carbocycles. The van der Waals surface area contributed by atoms with Gasteiger partial charge in [0.2, 0.25) is 21.8 Å². The van der Waals surface area contributed by atoms with E-state index in [1.807, 2.05) is 31.2 Å². The molecule has 1 aromatic heterocycles. The van der Waals surface area contributed by atoms with E-state index in [2.05, 4.69) is 14.9 Å². The number of benzene rings is 2. The Morgan fingerprint density at radius 2 is 1.89 bits per heavy atom. The highest BCUT2D eigenvalue weighted by Gasteiger charge is 2.21. The molecule has 0 atom stereocenters. The number of nitrogens with zero attached hydrogens (tertiary/aromatic N) is 2. The van der Waals surface area contributed by atoms with Crippen LogP contribution in [0.2, 0.25) is 0 Å². The third-order valence-electron chi connectivity index (χ3n) is 3.81. The standard InChI is InChI=1S/C18H19N3O5S/c1-12-5-4-6-13(9-12)18-21-20-17(26-18)11-19-27(22,23)16-8-7-14(24-2)10-15(16)25-3/h4-10,19H,11H2,1-3H3. The highest BCUT2D eigenvalue weighted by molar-refractivity contribution is 7.89. The van der Waals surface area contributed by atoms with Crippen LogP contribution in [0.25, 0.3) is 11.5 Å². The molecule has 0 fully saturated rings. The molecule has 0 radical (unpaired) electrons. The molecule has 1 N–H and O–H groups in total. The van der Waals surface area contributed by atoms with Crippen LogP contribution in [0, 0.1) is 6.92 Å². The first-order chi connectivity index (χ1) is 12.9. The summed E-state index contributed by atoms with van der Waals surface area (Å²) >= 11 is 0. The van der Waals surface area contributed by atoms with Gasteiger partial charge in [0, 0.05) is 11.6 Å². The van der Waals surface area contributed by atoms with Gasteiger partial charge in [-0.1, -0.05) is 17.7 Å². The normalized spacial score (nSPS) is 11.4. The van der Waals surface area contributed by atoms with E-state index in [0.717, 1.165) is 11.1 Å². The number of ether oxygens (including phenoxy) is 2. The Balaban J connectivity index is 1.77. The maximum Gasteiger partial charge on any atom is 0.247 e. The second kappa shape index (κ2) is 7.77. The minimum Gasteiger partial charge on any atom is -0.497 e. The molecule has 0 amide bonds. The Labute approximate surface area is 157 Å². The first kappa shape index (κ1) is 18.9. The van der Waals surface area contributed by atoms with Gasteiger partial charge in [-0.3, -0.25) is 0 Å². The SMILES string of the molecule is COc1ccc(S(=O)(=O)NCc2nnc(-c3cccc(C)c3)o2)c(OC)c1. The van der Waals surface area contributed by atoms with Gasteiger partial charge in [-0.2, -0.15) is 0 Å². The molecule has 2 aromatic carbocycles. The van der Waals surface area contributed by atoms with Crippen molar-refractivity contribution in [2.24, 2.45) is 0 Å². The van der Waals surface area contributed by atoms with Crippen LogP contribution in [0.4, 0.5) is 0 Å². The van der Waals surface area contributed by atoms with E-state index in [0.29, 0.717) is 11.6 Å². The van der Waals surface area contributed by atoms with Crippen molar-refractivity contribution < 1.29 is 22.3 Å². The first-order valence-electron chi connectivity index (χ1n) is 8.04. The third kappa shape index (κ3) is 4.26. The van der Waals surface area contributed by atoms with Crippen molar-refractivity contribution >= 4 is 10.0 Å². The lowest BCUT2D eigenvalue weighted by atomic mass is 10.1. The quantitative estimate of drug-likeness (QED) is 0.662. The summed E-state index contributed by atoms with van der Waals surface area (Å²) in [6.07, 6.45) is 0. The van der Waals surface area contributed by atoms with E-state index in [9.17, 15) is 8.42 Å². The molecule has 27 heavy (non-hydrogen) atoms. The second-order valence-corrected chi connectivity index (χ2v) is 7.45. The van der Waals surface area contributed by atoms with E-state index >= 15 is 0 Å². The van der Waals surface area contributed by atoms with Gasteiger partial charge in [-0.05, 0) is 31.2 Å². The number of methoxy groups -OCH3 is 2. The van der Waals surface area contributed by atoms with Gasteiger partial charge in [-0.25, -0.2) is 13.1 Å². The smallest absolute Gasteiger partial charge is 0.247 e. The van der Waals surface area contributed by atoms with Crippen molar-refractivity contribution in [1.29, 1.82) is 0 Å². The van der Waals surface area contributed by atoms with Crippen molar-refractivity contribution in [2.75, 3.05) is 14.2 Å². The first-order valence-corrected chi connectivity index (χ1v) is 9.52. The fourth-order valence-electron chi connectivity index (χ4n) is 2.45. The summed E-state index contributed by atoms with van der Waals surface area (Å²) in [6, 6.07) is 12.0. The summed E-state index contributed by atoms with van der Waals surface area (Å²) < 4.78 is 43.4. The Hall–Kier alpha value is -2.91. The van der Waals surface area contributed by atoms with Gasteiger partial charge < -0.3 is 13.9 Å². The largest absolute Gasteiger partial charge is 0.497 e. The summed E-state index contributed by atoms with van der Waals surface area (Å²) in [6.45, 7) is 1.81. The van der Waals surface area contributed by atoms with Crippen molar-refractivity contribution in [3.63, 3.8) is 0 Å². The lowest BCUT2D eigenvalue weighted by Gasteiger charge is -2.11. The summed E-state index contributed by atoms with van der Waals surface area (Å²) in [5.41, 5.74) is 1.83. The maximum absolute atomic E-state index is 12.6. The lowest BCUT2D eigenvalue weighted by molar-refractivity contribution is 0.385. The van der Waals surface area contributed by atoms with Gasteiger partial charge >= 0.3 is 0 Å². The molecule has 142 valence electrons. The molecular weight excluding hydrogens is 370 g/mol. The van der Waals surface area contributed by atoms with Gasteiger partial charge in [0.1, 0.15) is 16.4 Å². The van der Waals surface area contributed by atoms with Crippen molar-refractivity contribution in [3.05, 3.63) is 53.9 Å². The fourth-order valence-corrected chi connectivity index (χ4v) is 3.57. The van der Waals surface area contributed by atoms with Crippen LogP contribution in [0.15, 0.2) is 51.8 Å². The number of aromatic nitrogens is 2. The topological polar surface area (TPSA) is 104 Å². The van der Waals surface area contributed by atoms with Crippen LogP contribution in [0.3, 0.4) is 0 Å². The van der Waals surface area contributed by atoms with E-state index in [4.69, 9.17) is 13.9 Å². The Bertz CT molecular complexity index is 1050. The highest BCUT2D eigenvalue weighted by Crippen LogP contribution is 2.28. The number of rotatable bonds is 7. The predicted molar refractivity (Wildman–Crippen MR) is 98.0 cm³/mol. The monoisotopic (exact) mass is 389 g/mol. The molecule has 0 bridgehead atoms. The van der Waals surface area contributed by atoms with E-state index in [-0.39, 0.29) is 23.1 Å². The molecular formula is C18H19N3O5S. The second-order valence-electron chi connectivity index (χ2n) is 5.71. The third-order valence-corrected chi connectivity index (χ3v) is 5.25. The van der Waals surface area contributed by atoms with E-state index in [1.165, 1.54) is 26.4 Å². The molecule has 0 saturated carbocycles. The minimum atomic E-state index is -3.85. The molecule has 9 heteroatoms. The minimum absolute atomic E-state index is 0.00998. The Morgan fingerprint density at radius 1 is 1.07 bits per heavy atom. The number of hydrogen-bond donors (Lipinski definition) is 1. The molecule has 0 unspecified atom stereocenters. The van der Waals surface area contributed by atoms with Crippen LogP contribution < -0.4 is 14.2 Å². The van der Waals surface area contributed by atoms with E-state index < -0.39 is 10.0 Å². The van der Waals surface area contributed by atoms with Gasteiger partial charge in [0.15, 0.2) is 0 Å². The Morgan fingerprint density at radius 3 is 2.59 bits per heavy atom. The van der Waals surface area contributed by atoms with Crippen LogP contribution >= 0.6 is 0 Å². The average Bonchev–Trinajstić information content (AvgIpc) is 3.15. The number of hydrogen-bond acceptors (Lipinski definition) is 7. The molecule has 0 aliphatic rings. The van der Waals surface area contributed by atoms with Crippen molar-refractivity contribution in [1.82, 2.24) is 14.9 Å². The number of nitrogens with one attached hydrogen (secondary N) is 1. The molecule has 1 heterocycles. The van der Waals surface area contributed by atoms with Gasteiger partial charge in [-0.15, -0.1) is 10.2 Å². The summed E-state index contributed by atoms with van der Waals surface area (Å²) in [7, 11) is -0.969. The predicted octanol–water partition coefficient (Wildman–Crippen LogP) is 2.54. The number of aryl methyl sites for hydroxylation is 1. The molecule has 3 aromatic rings. The maximum atomic E-state index is 12.6. The summed E-state index contributed by atoms with van der Waals surface area (Å²) in [4.78, 5) is -0.00998. The molecule has 3 rings (SSSR count). The molecule has 0 spiro atoms.